The first-order valence-electron chi connectivity index (χ1n) is 6.42. The fraction of sp³-hybridized carbons (Fsp3) is 0.200. The summed E-state index contributed by atoms with van der Waals surface area (Å²) in [5, 5.41) is 3.25. The molecule has 0 fully saturated rings. The van der Waals surface area contributed by atoms with Crippen LogP contribution in [0, 0.1) is 5.82 Å². The second-order valence-electron chi connectivity index (χ2n) is 4.94. The third-order valence-corrected chi connectivity index (χ3v) is 3.59. The number of ether oxygens (including phenoxy) is 1. The highest BCUT2D eigenvalue weighted by molar-refractivity contribution is 6.30. The van der Waals surface area contributed by atoms with Crippen LogP contribution in [0.4, 0.5) is 23.2 Å². The molecule has 7 heteroatoms. The number of benzene rings is 2. The molecular weight excluding hydrogens is 322 g/mol. The van der Waals surface area contributed by atoms with Gasteiger partial charge >= 0.3 is 6.36 Å². The Hall–Kier alpha value is -1.95. The quantitative estimate of drug-likeness (QED) is 0.774. The normalized spacial score (nSPS) is 17.0. The molecule has 3 rings (SSSR count). The molecule has 1 N–H and O–H groups in total. The predicted molar refractivity (Wildman–Crippen MR) is 74.6 cm³/mol. The molecule has 2 aromatic carbocycles. The molecule has 0 bridgehead atoms. The molecule has 0 saturated heterocycles. The van der Waals surface area contributed by atoms with Crippen LogP contribution in [0.3, 0.4) is 0 Å². The van der Waals surface area contributed by atoms with Crippen molar-refractivity contribution in [3.05, 3.63) is 58.4 Å². The SMILES string of the molecule is Fc1cc(Cl)cc2c1NC(c1cccc(OC(F)(F)F)c1)C2. The van der Waals surface area contributed by atoms with Gasteiger partial charge in [-0.15, -0.1) is 13.2 Å². The van der Waals surface area contributed by atoms with Gasteiger partial charge in [0, 0.05) is 5.02 Å². The van der Waals surface area contributed by atoms with Crippen LogP contribution in [-0.4, -0.2) is 6.36 Å². The fourth-order valence-electron chi connectivity index (χ4n) is 2.52. The fourth-order valence-corrected chi connectivity index (χ4v) is 2.75. The van der Waals surface area contributed by atoms with Gasteiger partial charge in [0.1, 0.15) is 11.6 Å². The Labute approximate surface area is 128 Å². The highest BCUT2D eigenvalue weighted by atomic mass is 35.5. The summed E-state index contributed by atoms with van der Waals surface area (Å²) in [5.74, 6) is -0.783. The Bertz CT molecular complexity index is 717. The van der Waals surface area contributed by atoms with E-state index in [1.165, 1.54) is 24.3 Å². The van der Waals surface area contributed by atoms with Gasteiger partial charge < -0.3 is 10.1 Å². The molecule has 1 heterocycles. The third kappa shape index (κ3) is 3.11. The van der Waals surface area contributed by atoms with E-state index in [0.717, 1.165) is 0 Å². The minimum Gasteiger partial charge on any atom is -0.406 e. The van der Waals surface area contributed by atoms with Gasteiger partial charge in [-0.3, -0.25) is 0 Å². The minimum absolute atomic E-state index is 0.285. The molecule has 1 unspecified atom stereocenters. The molecule has 2 nitrogen and oxygen atoms in total. The first-order chi connectivity index (χ1) is 10.3. The van der Waals surface area contributed by atoms with Gasteiger partial charge in [0.05, 0.1) is 11.7 Å². The van der Waals surface area contributed by atoms with Gasteiger partial charge in [0.25, 0.3) is 0 Å². The van der Waals surface area contributed by atoms with E-state index in [0.29, 0.717) is 23.2 Å². The molecule has 2 aromatic rings. The van der Waals surface area contributed by atoms with E-state index in [2.05, 4.69) is 10.1 Å². The lowest BCUT2D eigenvalue weighted by Gasteiger charge is -2.14. The summed E-state index contributed by atoms with van der Waals surface area (Å²) in [6, 6.07) is 8.13. The summed E-state index contributed by atoms with van der Waals surface area (Å²) < 4.78 is 54.5. The molecule has 0 aromatic heterocycles. The van der Waals surface area contributed by atoms with Crippen molar-refractivity contribution in [1.82, 2.24) is 0 Å². The number of halogens is 5. The number of hydrogen-bond donors (Lipinski definition) is 1. The van der Waals surface area contributed by atoms with Gasteiger partial charge in [0.2, 0.25) is 0 Å². The van der Waals surface area contributed by atoms with Crippen LogP contribution in [0.15, 0.2) is 36.4 Å². The molecule has 1 aliphatic heterocycles. The molecular formula is C15H10ClF4NO. The smallest absolute Gasteiger partial charge is 0.406 e. The van der Waals surface area contributed by atoms with Crippen LogP contribution < -0.4 is 10.1 Å². The highest BCUT2D eigenvalue weighted by Gasteiger charge is 2.32. The Kier molecular flexibility index (Phi) is 3.64. The van der Waals surface area contributed by atoms with Crippen LogP contribution in [0.1, 0.15) is 17.2 Å². The molecule has 22 heavy (non-hydrogen) atoms. The standard InChI is InChI=1S/C15H10ClF4NO/c16-10-4-9-6-13(21-14(9)12(17)7-10)8-2-1-3-11(5-8)22-15(18,19)20/h1-5,7,13,21H,6H2. The van der Waals surface area contributed by atoms with Gasteiger partial charge in [-0.2, -0.15) is 0 Å². The van der Waals surface area contributed by atoms with E-state index < -0.39 is 12.2 Å². The van der Waals surface area contributed by atoms with E-state index >= 15 is 0 Å². The topological polar surface area (TPSA) is 21.3 Å². The summed E-state index contributed by atoms with van der Waals surface area (Å²) in [7, 11) is 0. The molecule has 0 aliphatic carbocycles. The molecule has 1 aliphatic rings. The monoisotopic (exact) mass is 331 g/mol. The van der Waals surface area contributed by atoms with Crippen LogP contribution in [-0.2, 0) is 6.42 Å². The van der Waals surface area contributed by atoms with E-state index in [9.17, 15) is 17.6 Å². The predicted octanol–water partition coefficient (Wildman–Crippen LogP) is 5.09. The number of anilines is 1. The summed E-state index contributed by atoms with van der Waals surface area (Å²) >= 11 is 5.81. The summed E-state index contributed by atoms with van der Waals surface area (Å²) in [6.45, 7) is 0. The van der Waals surface area contributed by atoms with Gasteiger partial charge in [0.15, 0.2) is 0 Å². The number of fused-ring (bicyclic) bond motifs is 1. The van der Waals surface area contributed by atoms with Crippen LogP contribution in [0.25, 0.3) is 0 Å². The Balaban J connectivity index is 1.85. The van der Waals surface area contributed by atoms with Gasteiger partial charge in [-0.25, -0.2) is 4.39 Å². The van der Waals surface area contributed by atoms with E-state index in [1.807, 2.05) is 0 Å². The number of nitrogens with one attached hydrogen (secondary N) is 1. The number of rotatable bonds is 2. The van der Waals surface area contributed by atoms with Crippen molar-refractivity contribution in [3.63, 3.8) is 0 Å². The minimum atomic E-state index is -4.75. The molecule has 116 valence electrons. The van der Waals surface area contributed by atoms with E-state index in [1.54, 1.807) is 12.1 Å². The Morgan fingerprint density at radius 1 is 1.18 bits per heavy atom. The van der Waals surface area contributed by atoms with Crippen molar-refractivity contribution in [2.45, 2.75) is 18.8 Å². The second-order valence-corrected chi connectivity index (χ2v) is 5.38. The first-order valence-corrected chi connectivity index (χ1v) is 6.80. The zero-order chi connectivity index (χ0) is 15.9. The molecule has 0 spiro atoms. The highest BCUT2D eigenvalue weighted by Crippen LogP contribution is 2.38. The van der Waals surface area contributed by atoms with Crippen molar-refractivity contribution in [1.29, 1.82) is 0 Å². The largest absolute Gasteiger partial charge is 0.573 e. The van der Waals surface area contributed by atoms with Crippen LogP contribution >= 0.6 is 11.6 Å². The van der Waals surface area contributed by atoms with E-state index in [4.69, 9.17) is 11.6 Å². The maximum absolute atomic E-state index is 13.8. The number of alkyl halides is 3. The number of hydrogen-bond acceptors (Lipinski definition) is 2. The molecule has 0 radical (unpaired) electrons. The Morgan fingerprint density at radius 2 is 1.95 bits per heavy atom. The zero-order valence-electron chi connectivity index (χ0n) is 11.0. The lowest BCUT2D eigenvalue weighted by atomic mass is 10.0. The average Bonchev–Trinajstić information content (AvgIpc) is 2.81. The van der Waals surface area contributed by atoms with Crippen molar-refractivity contribution in [2.75, 3.05) is 5.32 Å². The average molecular weight is 332 g/mol. The maximum Gasteiger partial charge on any atom is 0.573 e. The summed E-state index contributed by atoms with van der Waals surface area (Å²) in [6.07, 6.45) is -4.31. The summed E-state index contributed by atoms with van der Waals surface area (Å²) in [4.78, 5) is 0. The maximum atomic E-state index is 13.8. The molecule has 1 atom stereocenters. The lowest BCUT2D eigenvalue weighted by molar-refractivity contribution is -0.274. The second kappa shape index (κ2) is 5.35. The van der Waals surface area contributed by atoms with Crippen molar-refractivity contribution in [2.24, 2.45) is 0 Å². The van der Waals surface area contributed by atoms with Gasteiger partial charge in [-0.05, 0) is 41.8 Å². The van der Waals surface area contributed by atoms with Crippen LogP contribution in [0.5, 0.6) is 5.75 Å². The third-order valence-electron chi connectivity index (χ3n) is 3.37. The zero-order valence-corrected chi connectivity index (χ0v) is 11.8. The molecule has 0 saturated carbocycles. The van der Waals surface area contributed by atoms with Crippen LogP contribution in [0.2, 0.25) is 5.02 Å². The van der Waals surface area contributed by atoms with Crippen molar-refractivity contribution in [3.8, 4) is 5.75 Å². The van der Waals surface area contributed by atoms with Gasteiger partial charge in [-0.1, -0.05) is 23.7 Å². The Morgan fingerprint density at radius 3 is 2.68 bits per heavy atom. The van der Waals surface area contributed by atoms with Crippen molar-refractivity contribution >= 4 is 17.3 Å². The summed E-state index contributed by atoms with van der Waals surface area (Å²) in [5.41, 5.74) is 1.60. The van der Waals surface area contributed by atoms with Crippen molar-refractivity contribution < 1.29 is 22.3 Å². The lowest BCUT2D eigenvalue weighted by Crippen LogP contribution is -2.17. The van der Waals surface area contributed by atoms with E-state index in [-0.39, 0.29) is 16.8 Å². The molecule has 0 amide bonds. The first kappa shape index (κ1) is 15.0.